The van der Waals surface area contributed by atoms with Crippen LogP contribution in [0.25, 0.3) is 0 Å². The summed E-state index contributed by atoms with van der Waals surface area (Å²) in [5, 5.41) is 4.14. The normalized spacial score (nSPS) is 22.7. The minimum atomic E-state index is 0.0445. The van der Waals surface area contributed by atoms with Crippen LogP contribution in [0.15, 0.2) is 18.2 Å². The van der Waals surface area contributed by atoms with Gasteiger partial charge in [0.1, 0.15) is 0 Å². The molecular weight excluding hydrogens is 299 g/mol. The van der Waals surface area contributed by atoms with E-state index in [4.69, 9.17) is 27.9 Å². The summed E-state index contributed by atoms with van der Waals surface area (Å²) < 4.78 is 5.61. The zero-order chi connectivity index (χ0) is 14.7. The number of anilines is 1. The molecule has 4 nitrogen and oxygen atoms in total. The standard InChI is InChI=1S/C14H18Cl2N2O2/c1-9-7-18(8-10(2)20-9)14(19)6-17-13-4-11(15)3-12(16)5-13/h3-5,9-10,17H,6-8H2,1-2H3/t9-,10-/m1/s1. The molecule has 2 rings (SSSR count). The molecule has 20 heavy (non-hydrogen) atoms. The number of hydrogen-bond donors (Lipinski definition) is 1. The average Bonchev–Trinajstić information content (AvgIpc) is 2.33. The van der Waals surface area contributed by atoms with E-state index in [9.17, 15) is 4.79 Å². The fraction of sp³-hybridized carbons (Fsp3) is 0.500. The van der Waals surface area contributed by atoms with Gasteiger partial charge in [-0.3, -0.25) is 4.79 Å². The van der Waals surface area contributed by atoms with Crippen LogP contribution in [0.5, 0.6) is 0 Å². The summed E-state index contributed by atoms with van der Waals surface area (Å²) in [4.78, 5) is 14.0. The molecule has 1 aliphatic heterocycles. The third-order valence-electron chi connectivity index (χ3n) is 3.08. The predicted octanol–water partition coefficient (Wildman–Crippen LogP) is 3.04. The molecule has 1 aromatic rings. The van der Waals surface area contributed by atoms with E-state index in [0.29, 0.717) is 23.1 Å². The van der Waals surface area contributed by atoms with Crippen molar-refractivity contribution < 1.29 is 9.53 Å². The van der Waals surface area contributed by atoms with Gasteiger partial charge in [0, 0.05) is 28.8 Å². The number of nitrogens with zero attached hydrogens (tertiary/aromatic N) is 1. The number of hydrogen-bond acceptors (Lipinski definition) is 3. The minimum absolute atomic E-state index is 0.0445. The molecule has 1 fully saturated rings. The van der Waals surface area contributed by atoms with Crippen molar-refractivity contribution in [1.29, 1.82) is 0 Å². The Labute approximate surface area is 129 Å². The quantitative estimate of drug-likeness (QED) is 0.932. The Morgan fingerprint density at radius 2 is 1.80 bits per heavy atom. The van der Waals surface area contributed by atoms with Gasteiger partial charge < -0.3 is 15.0 Å². The SMILES string of the molecule is C[C@@H]1CN(C(=O)CNc2cc(Cl)cc(Cl)c2)C[C@@H](C)O1. The highest BCUT2D eigenvalue weighted by Gasteiger charge is 2.25. The van der Waals surface area contributed by atoms with Crippen LogP contribution in [-0.2, 0) is 9.53 Å². The van der Waals surface area contributed by atoms with Gasteiger partial charge in [0.15, 0.2) is 0 Å². The monoisotopic (exact) mass is 316 g/mol. The van der Waals surface area contributed by atoms with Crippen molar-refractivity contribution in [2.75, 3.05) is 25.0 Å². The third kappa shape index (κ3) is 4.27. The van der Waals surface area contributed by atoms with Gasteiger partial charge in [-0.05, 0) is 32.0 Å². The topological polar surface area (TPSA) is 41.6 Å². The first kappa shape index (κ1) is 15.4. The Hall–Kier alpha value is -0.970. The number of ether oxygens (including phenoxy) is 1. The number of rotatable bonds is 3. The molecule has 0 spiro atoms. The van der Waals surface area contributed by atoms with E-state index >= 15 is 0 Å². The maximum atomic E-state index is 12.2. The van der Waals surface area contributed by atoms with Gasteiger partial charge in [0.25, 0.3) is 0 Å². The number of benzene rings is 1. The molecule has 1 aromatic carbocycles. The molecular formula is C14H18Cl2N2O2. The van der Waals surface area contributed by atoms with Crippen LogP contribution in [0.4, 0.5) is 5.69 Å². The summed E-state index contributed by atoms with van der Waals surface area (Å²) in [6, 6.07) is 5.14. The van der Waals surface area contributed by atoms with Crippen molar-refractivity contribution in [2.45, 2.75) is 26.1 Å². The Morgan fingerprint density at radius 1 is 1.25 bits per heavy atom. The number of morpholine rings is 1. The van der Waals surface area contributed by atoms with Crippen LogP contribution in [0.2, 0.25) is 10.0 Å². The first-order valence-electron chi connectivity index (χ1n) is 6.57. The van der Waals surface area contributed by atoms with Gasteiger partial charge in [-0.1, -0.05) is 23.2 Å². The molecule has 0 saturated carbocycles. The van der Waals surface area contributed by atoms with Gasteiger partial charge in [-0.25, -0.2) is 0 Å². The zero-order valence-corrected chi connectivity index (χ0v) is 13.0. The van der Waals surface area contributed by atoms with Crippen LogP contribution >= 0.6 is 23.2 Å². The van der Waals surface area contributed by atoms with E-state index in [1.165, 1.54) is 0 Å². The molecule has 1 N–H and O–H groups in total. The average molecular weight is 317 g/mol. The lowest BCUT2D eigenvalue weighted by molar-refractivity contribution is -0.141. The highest BCUT2D eigenvalue weighted by Crippen LogP contribution is 2.22. The van der Waals surface area contributed by atoms with Crippen molar-refractivity contribution >= 4 is 34.8 Å². The summed E-state index contributed by atoms with van der Waals surface area (Å²) in [6.45, 7) is 5.42. The fourth-order valence-corrected chi connectivity index (χ4v) is 2.85. The van der Waals surface area contributed by atoms with Crippen molar-refractivity contribution in [1.82, 2.24) is 4.90 Å². The fourth-order valence-electron chi connectivity index (χ4n) is 2.33. The number of halogens is 2. The van der Waals surface area contributed by atoms with E-state index in [1.807, 2.05) is 18.7 Å². The first-order chi connectivity index (χ1) is 9.44. The zero-order valence-electron chi connectivity index (χ0n) is 11.5. The number of carbonyl (C=O) groups excluding carboxylic acids is 1. The van der Waals surface area contributed by atoms with Crippen molar-refractivity contribution in [2.24, 2.45) is 0 Å². The van der Waals surface area contributed by atoms with Crippen LogP contribution in [0.1, 0.15) is 13.8 Å². The van der Waals surface area contributed by atoms with Crippen molar-refractivity contribution in [3.63, 3.8) is 0 Å². The van der Waals surface area contributed by atoms with Gasteiger partial charge >= 0.3 is 0 Å². The molecule has 0 radical (unpaired) electrons. The first-order valence-corrected chi connectivity index (χ1v) is 7.33. The maximum absolute atomic E-state index is 12.2. The molecule has 0 aliphatic carbocycles. The Balaban J connectivity index is 1.91. The molecule has 0 unspecified atom stereocenters. The van der Waals surface area contributed by atoms with E-state index in [-0.39, 0.29) is 24.7 Å². The Morgan fingerprint density at radius 3 is 2.35 bits per heavy atom. The summed E-state index contributed by atoms with van der Waals surface area (Å²) in [5.41, 5.74) is 0.741. The third-order valence-corrected chi connectivity index (χ3v) is 3.52. The summed E-state index contributed by atoms with van der Waals surface area (Å²) >= 11 is 11.8. The number of carbonyl (C=O) groups is 1. The van der Waals surface area contributed by atoms with Crippen molar-refractivity contribution in [3.05, 3.63) is 28.2 Å². The number of amides is 1. The van der Waals surface area contributed by atoms with E-state index in [2.05, 4.69) is 5.32 Å². The molecule has 0 bridgehead atoms. The lowest BCUT2D eigenvalue weighted by Gasteiger charge is -2.35. The molecule has 1 aliphatic rings. The lowest BCUT2D eigenvalue weighted by atomic mass is 10.2. The second kappa shape index (κ2) is 6.66. The molecule has 1 amide bonds. The lowest BCUT2D eigenvalue weighted by Crippen LogP contribution is -2.49. The largest absolute Gasteiger partial charge is 0.376 e. The van der Waals surface area contributed by atoms with E-state index in [1.54, 1.807) is 18.2 Å². The van der Waals surface area contributed by atoms with Gasteiger partial charge in [-0.15, -0.1) is 0 Å². The Bertz CT molecular complexity index is 466. The minimum Gasteiger partial charge on any atom is -0.376 e. The van der Waals surface area contributed by atoms with Crippen LogP contribution < -0.4 is 5.32 Å². The molecule has 1 saturated heterocycles. The van der Waals surface area contributed by atoms with E-state index in [0.717, 1.165) is 5.69 Å². The number of nitrogens with one attached hydrogen (secondary N) is 1. The van der Waals surface area contributed by atoms with Crippen LogP contribution in [-0.4, -0.2) is 42.6 Å². The van der Waals surface area contributed by atoms with Gasteiger partial charge in [0.05, 0.1) is 18.8 Å². The highest BCUT2D eigenvalue weighted by molar-refractivity contribution is 6.35. The van der Waals surface area contributed by atoms with Gasteiger partial charge in [0.2, 0.25) is 5.91 Å². The second-order valence-corrected chi connectivity index (χ2v) is 5.94. The molecule has 6 heteroatoms. The molecule has 1 heterocycles. The van der Waals surface area contributed by atoms with Crippen LogP contribution in [0.3, 0.4) is 0 Å². The van der Waals surface area contributed by atoms with Gasteiger partial charge in [-0.2, -0.15) is 0 Å². The Kier molecular flexibility index (Phi) is 5.13. The smallest absolute Gasteiger partial charge is 0.242 e. The molecule has 2 atom stereocenters. The van der Waals surface area contributed by atoms with E-state index < -0.39 is 0 Å². The summed E-state index contributed by atoms with van der Waals surface area (Å²) in [5.74, 6) is 0.0445. The van der Waals surface area contributed by atoms with Crippen molar-refractivity contribution in [3.8, 4) is 0 Å². The predicted molar refractivity (Wildman–Crippen MR) is 81.5 cm³/mol. The molecule has 110 valence electrons. The molecule has 0 aromatic heterocycles. The maximum Gasteiger partial charge on any atom is 0.242 e. The highest BCUT2D eigenvalue weighted by atomic mass is 35.5. The second-order valence-electron chi connectivity index (χ2n) is 5.07. The summed E-state index contributed by atoms with van der Waals surface area (Å²) in [7, 11) is 0. The van der Waals surface area contributed by atoms with Crippen LogP contribution in [0, 0.1) is 0 Å². The summed E-state index contributed by atoms with van der Waals surface area (Å²) in [6.07, 6.45) is 0.145.